The lowest BCUT2D eigenvalue weighted by atomic mass is 9.65. The van der Waals surface area contributed by atoms with E-state index in [1.54, 1.807) is 4.90 Å². The van der Waals surface area contributed by atoms with Crippen LogP contribution in [0, 0.1) is 16.7 Å². The molecular weight excluding hydrogens is 334 g/mol. The number of methoxy groups -OCH3 is 1. The van der Waals surface area contributed by atoms with Crippen molar-refractivity contribution in [1.82, 2.24) is 4.90 Å². The second-order valence-corrected chi connectivity index (χ2v) is 9.36. The van der Waals surface area contributed by atoms with Crippen LogP contribution in [-0.4, -0.2) is 48.0 Å². The zero-order valence-electron chi connectivity index (χ0n) is 17.2. The predicted molar refractivity (Wildman–Crippen MR) is 97.2 cm³/mol. The summed E-state index contributed by atoms with van der Waals surface area (Å²) in [4.78, 5) is 39.9. The summed E-state index contributed by atoms with van der Waals surface area (Å²) in [6.45, 7) is 11.9. The average Bonchev–Trinajstić information content (AvgIpc) is 3.09. The molecular formula is C20H33NO5. The van der Waals surface area contributed by atoms with Gasteiger partial charge in [-0.15, -0.1) is 0 Å². The maximum atomic E-state index is 13.5. The van der Waals surface area contributed by atoms with Gasteiger partial charge in [0.15, 0.2) is 0 Å². The number of carbonyl (C=O) groups excluding carboxylic acids is 3. The summed E-state index contributed by atoms with van der Waals surface area (Å²) in [5.74, 6) is -0.977. The van der Waals surface area contributed by atoms with Crippen LogP contribution in [0.4, 0.5) is 0 Å². The van der Waals surface area contributed by atoms with Gasteiger partial charge in [0.05, 0.1) is 18.4 Å². The first-order valence-corrected chi connectivity index (χ1v) is 9.47. The molecule has 0 aromatic heterocycles. The van der Waals surface area contributed by atoms with Crippen LogP contribution in [0.2, 0.25) is 0 Å². The fraction of sp³-hybridized carbons (Fsp3) is 0.850. The third kappa shape index (κ3) is 3.47. The van der Waals surface area contributed by atoms with Gasteiger partial charge in [-0.3, -0.25) is 9.59 Å². The minimum absolute atomic E-state index is 0.0535. The fourth-order valence-corrected chi connectivity index (χ4v) is 4.38. The zero-order chi connectivity index (χ0) is 19.9. The smallest absolute Gasteiger partial charge is 0.329 e. The van der Waals surface area contributed by atoms with Gasteiger partial charge in [0.1, 0.15) is 11.6 Å². The minimum atomic E-state index is -0.712. The number of carbonyl (C=O) groups is 3. The Morgan fingerprint density at radius 1 is 1.04 bits per heavy atom. The molecule has 26 heavy (non-hydrogen) atoms. The van der Waals surface area contributed by atoms with Crippen LogP contribution in [0.3, 0.4) is 0 Å². The van der Waals surface area contributed by atoms with Gasteiger partial charge >= 0.3 is 11.9 Å². The molecule has 6 heteroatoms. The van der Waals surface area contributed by atoms with Gasteiger partial charge in [-0.2, -0.15) is 0 Å². The van der Waals surface area contributed by atoms with Gasteiger partial charge in [-0.1, -0.05) is 20.8 Å². The Kier molecular flexibility index (Phi) is 5.46. The van der Waals surface area contributed by atoms with E-state index in [2.05, 4.69) is 0 Å². The highest BCUT2D eigenvalue weighted by atomic mass is 16.6. The molecule has 1 heterocycles. The molecule has 0 unspecified atom stereocenters. The van der Waals surface area contributed by atoms with Gasteiger partial charge in [0.2, 0.25) is 5.91 Å². The highest BCUT2D eigenvalue weighted by Gasteiger charge is 2.60. The molecule has 1 saturated heterocycles. The summed E-state index contributed by atoms with van der Waals surface area (Å²) in [5.41, 5.74) is -1.84. The van der Waals surface area contributed by atoms with E-state index in [1.165, 1.54) is 7.11 Å². The van der Waals surface area contributed by atoms with Gasteiger partial charge < -0.3 is 14.4 Å². The lowest BCUT2D eigenvalue weighted by molar-refractivity contribution is -0.168. The Labute approximate surface area is 156 Å². The first-order valence-electron chi connectivity index (χ1n) is 9.47. The molecule has 1 aliphatic carbocycles. The first kappa shape index (κ1) is 20.7. The molecule has 148 valence electrons. The Morgan fingerprint density at radius 2 is 1.65 bits per heavy atom. The molecule has 0 N–H and O–H groups in total. The second kappa shape index (κ2) is 6.86. The van der Waals surface area contributed by atoms with E-state index in [0.717, 1.165) is 6.42 Å². The molecule has 3 atom stereocenters. The van der Waals surface area contributed by atoms with Crippen LogP contribution in [0.1, 0.15) is 67.2 Å². The number of likely N-dealkylation sites (tertiary alicyclic amines) is 1. The third-order valence-corrected chi connectivity index (χ3v) is 6.38. The molecule has 0 bridgehead atoms. The van der Waals surface area contributed by atoms with E-state index in [4.69, 9.17) is 9.47 Å². The Morgan fingerprint density at radius 3 is 2.19 bits per heavy atom. The molecule has 2 rings (SSSR count). The molecule has 2 aliphatic rings. The summed E-state index contributed by atoms with van der Waals surface area (Å²) in [6.07, 6.45) is 2.63. The molecule has 2 fully saturated rings. The largest absolute Gasteiger partial charge is 0.469 e. The number of amides is 1. The quantitative estimate of drug-likeness (QED) is 0.717. The van der Waals surface area contributed by atoms with E-state index >= 15 is 0 Å². The summed E-state index contributed by atoms with van der Waals surface area (Å²) >= 11 is 0. The Balaban J connectivity index is 2.24. The van der Waals surface area contributed by atoms with E-state index in [0.29, 0.717) is 25.8 Å². The van der Waals surface area contributed by atoms with Gasteiger partial charge in [-0.25, -0.2) is 4.79 Å². The maximum absolute atomic E-state index is 13.5. The maximum Gasteiger partial charge on any atom is 0.329 e. The van der Waals surface area contributed by atoms with E-state index < -0.39 is 22.5 Å². The van der Waals surface area contributed by atoms with Crippen molar-refractivity contribution in [2.45, 2.75) is 78.9 Å². The Hall–Kier alpha value is -1.59. The van der Waals surface area contributed by atoms with Crippen molar-refractivity contribution < 1.29 is 23.9 Å². The van der Waals surface area contributed by atoms with E-state index in [-0.39, 0.29) is 23.8 Å². The van der Waals surface area contributed by atoms with Crippen molar-refractivity contribution in [3.05, 3.63) is 0 Å². The molecule has 1 aliphatic heterocycles. The second-order valence-electron chi connectivity index (χ2n) is 9.36. The van der Waals surface area contributed by atoms with Crippen molar-refractivity contribution in [2.75, 3.05) is 13.7 Å². The minimum Gasteiger partial charge on any atom is -0.469 e. The molecule has 6 nitrogen and oxygen atoms in total. The number of esters is 2. The lowest BCUT2D eigenvalue weighted by Crippen LogP contribution is -2.53. The number of hydrogen-bond donors (Lipinski definition) is 0. The number of nitrogens with zero attached hydrogens (tertiary/aromatic N) is 1. The average molecular weight is 367 g/mol. The SMILES string of the molecule is COC(=O)[C@H]1CC[C@@](C)(C(=O)N2CCC[C@H]2C(=O)OC(C)(C)C)C1(C)C. The Bertz CT molecular complexity index is 591. The van der Waals surface area contributed by atoms with Crippen LogP contribution >= 0.6 is 0 Å². The summed E-state index contributed by atoms with van der Waals surface area (Å²) in [7, 11) is 1.38. The van der Waals surface area contributed by atoms with Gasteiger partial charge in [0.25, 0.3) is 0 Å². The van der Waals surface area contributed by atoms with Gasteiger partial charge in [0, 0.05) is 6.54 Å². The topological polar surface area (TPSA) is 72.9 Å². The van der Waals surface area contributed by atoms with Crippen LogP contribution in [-0.2, 0) is 23.9 Å². The molecule has 0 aromatic carbocycles. The molecule has 1 amide bonds. The third-order valence-electron chi connectivity index (χ3n) is 6.38. The molecule has 0 spiro atoms. The normalized spacial score (nSPS) is 31.0. The molecule has 1 saturated carbocycles. The lowest BCUT2D eigenvalue weighted by Gasteiger charge is -2.42. The van der Waals surface area contributed by atoms with Crippen LogP contribution in [0.15, 0.2) is 0 Å². The number of hydrogen-bond acceptors (Lipinski definition) is 5. The zero-order valence-corrected chi connectivity index (χ0v) is 17.2. The van der Waals surface area contributed by atoms with Crippen molar-refractivity contribution in [3.63, 3.8) is 0 Å². The monoisotopic (exact) mass is 367 g/mol. The summed E-state index contributed by atoms with van der Waals surface area (Å²) in [6, 6.07) is -0.536. The summed E-state index contributed by atoms with van der Waals surface area (Å²) in [5, 5.41) is 0. The fourth-order valence-electron chi connectivity index (χ4n) is 4.38. The van der Waals surface area contributed by atoms with Crippen molar-refractivity contribution in [1.29, 1.82) is 0 Å². The highest BCUT2D eigenvalue weighted by molar-refractivity contribution is 5.90. The first-order chi connectivity index (χ1) is 11.8. The van der Waals surface area contributed by atoms with Crippen LogP contribution < -0.4 is 0 Å². The van der Waals surface area contributed by atoms with Crippen LogP contribution in [0.25, 0.3) is 0 Å². The summed E-state index contributed by atoms with van der Waals surface area (Å²) < 4.78 is 10.5. The van der Waals surface area contributed by atoms with Crippen molar-refractivity contribution >= 4 is 17.8 Å². The van der Waals surface area contributed by atoms with E-state index in [1.807, 2.05) is 41.5 Å². The van der Waals surface area contributed by atoms with E-state index in [9.17, 15) is 14.4 Å². The van der Waals surface area contributed by atoms with Crippen molar-refractivity contribution in [3.8, 4) is 0 Å². The van der Waals surface area contributed by atoms with Gasteiger partial charge in [-0.05, 0) is 51.9 Å². The molecule has 0 aromatic rings. The number of ether oxygens (including phenoxy) is 2. The number of rotatable bonds is 3. The standard InChI is InChI=1S/C20H33NO5/c1-18(2,3)26-16(23)14-9-8-12-21(14)17(24)20(6)11-10-13(15(22)25-7)19(20,4)5/h13-14H,8-12H2,1-7H3/t13-,14+,20+/m1/s1. The molecule has 0 radical (unpaired) electrons. The highest BCUT2D eigenvalue weighted by Crippen LogP contribution is 2.57. The van der Waals surface area contributed by atoms with Crippen molar-refractivity contribution in [2.24, 2.45) is 16.7 Å². The van der Waals surface area contributed by atoms with Crippen LogP contribution in [0.5, 0.6) is 0 Å². The predicted octanol–water partition coefficient (Wildman–Crippen LogP) is 2.93.